The molecule has 3 aromatic carbocycles. The van der Waals surface area contributed by atoms with Crippen molar-refractivity contribution in [2.24, 2.45) is 0 Å². The number of aryl methyl sites for hydroxylation is 2. The lowest BCUT2D eigenvalue weighted by Crippen LogP contribution is -2.12. The molecule has 4 aromatic rings. The number of halogens is 1. The minimum absolute atomic E-state index is 0.143. The molecule has 0 radical (unpaired) electrons. The molecule has 0 aliphatic heterocycles. The van der Waals surface area contributed by atoms with Gasteiger partial charge < -0.3 is 10.6 Å². The van der Waals surface area contributed by atoms with Crippen LogP contribution in [0.5, 0.6) is 0 Å². The molecular formula is C29H24ClN3O. The van der Waals surface area contributed by atoms with Crippen LogP contribution in [0.2, 0.25) is 5.02 Å². The zero-order valence-electron chi connectivity index (χ0n) is 19.0. The number of nitrogens with one attached hydrogen (secondary N) is 2. The molecule has 1 aromatic heterocycles. The molecule has 0 atom stereocenters. The third kappa shape index (κ3) is 4.59. The van der Waals surface area contributed by atoms with Crippen molar-refractivity contribution < 1.29 is 4.79 Å². The number of allylic oxidation sites excluding steroid dienone is 1. The maximum absolute atomic E-state index is 12.9. The van der Waals surface area contributed by atoms with E-state index in [1.54, 1.807) is 0 Å². The zero-order valence-corrected chi connectivity index (χ0v) is 19.8. The minimum Gasteiger partial charge on any atom is -0.355 e. The molecular weight excluding hydrogens is 442 g/mol. The summed E-state index contributed by atoms with van der Waals surface area (Å²) in [5.41, 5.74) is 9.35. The first-order chi connectivity index (χ1) is 16.5. The molecule has 0 spiro atoms. The second kappa shape index (κ2) is 9.16. The van der Waals surface area contributed by atoms with E-state index in [1.807, 2.05) is 80.6 Å². The van der Waals surface area contributed by atoms with E-state index in [0.717, 1.165) is 57.1 Å². The van der Waals surface area contributed by atoms with Crippen LogP contribution < -0.4 is 10.6 Å². The van der Waals surface area contributed by atoms with Gasteiger partial charge in [-0.25, -0.2) is 0 Å². The molecule has 0 unspecified atom stereocenters. The van der Waals surface area contributed by atoms with Gasteiger partial charge in [-0.15, -0.1) is 0 Å². The van der Waals surface area contributed by atoms with E-state index in [4.69, 9.17) is 16.6 Å². The molecule has 5 heteroatoms. The van der Waals surface area contributed by atoms with Crippen LogP contribution in [0, 0.1) is 13.8 Å². The SMILES string of the molecule is Cc1cccc(NC(=O)c2ccc(C)c(Nc3cc(-c4ccc(Cl)cc4)nc4c3C=CC4)c2)c1. The Hall–Kier alpha value is -3.89. The van der Waals surface area contributed by atoms with Crippen LogP contribution in [-0.2, 0) is 6.42 Å². The van der Waals surface area contributed by atoms with Crippen molar-refractivity contribution in [3.63, 3.8) is 0 Å². The van der Waals surface area contributed by atoms with E-state index in [9.17, 15) is 4.79 Å². The van der Waals surface area contributed by atoms with Gasteiger partial charge in [0.15, 0.2) is 0 Å². The predicted molar refractivity (Wildman–Crippen MR) is 141 cm³/mol. The number of fused-ring (bicyclic) bond motifs is 1. The number of anilines is 3. The Morgan fingerprint density at radius 2 is 1.76 bits per heavy atom. The van der Waals surface area contributed by atoms with Gasteiger partial charge in [0.25, 0.3) is 5.91 Å². The molecule has 0 saturated carbocycles. The summed E-state index contributed by atoms with van der Waals surface area (Å²) in [7, 11) is 0. The molecule has 1 aliphatic carbocycles. The fourth-order valence-corrected chi connectivity index (χ4v) is 4.20. The molecule has 168 valence electrons. The molecule has 0 saturated heterocycles. The maximum atomic E-state index is 12.9. The third-order valence-corrected chi connectivity index (χ3v) is 6.17. The van der Waals surface area contributed by atoms with Gasteiger partial charge >= 0.3 is 0 Å². The first-order valence-corrected chi connectivity index (χ1v) is 11.6. The fourth-order valence-electron chi connectivity index (χ4n) is 4.08. The number of rotatable bonds is 5. The van der Waals surface area contributed by atoms with E-state index in [2.05, 4.69) is 28.9 Å². The molecule has 4 nitrogen and oxygen atoms in total. The van der Waals surface area contributed by atoms with Gasteiger partial charge in [0, 0.05) is 45.2 Å². The van der Waals surface area contributed by atoms with Crippen molar-refractivity contribution >= 4 is 40.6 Å². The lowest BCUT2D eigenvalue weighted by molar-refractivity contribution is 0.102. The number of hydrogen-bond donors (Lipinski definition) is 2. The minimum atomic E-state index is -0.143. The van der Waals surface area contributed by atoms with Crippen molar-refractivity contribution in [1.82, 2.24) is 4.98 Å². The topological polar surface area (TPSA) is 54.0 Å². The standard InChI is InChI=1S/C29H24ClN3O/c1-18-5-3-6-23(15-18)31-29(34)21-10-9-19(2)26(16-21)33-28-17-27(20-11-13-22(30)14-12-20)32-25-8-4-7-24(25)28/h3-7,9-17H,8H2,1-2H3,(H,31,34)(H,32,33). The van der Waals surface area contributed by atoms with Gasteiger partial charge in [0.05, 0.1) is 11.4 Å². The number of benzene rings is 3. The number of carbonyl (C=O) groups excluding carboxylic acids is 1. The summed E-state index contributed by atoms with van der Waals surface area (Å²) < 4.78 is 0. The zero-order chi connectivity index (χ0) is 23.7. The first kappa shape index (κ1) is 21.9. The molecule has 5 rings (SSSR count). The second-order valence-electron chi connectivity index (χ2n) is 8.51. The fraction of sp³-hybridized carbons (Fsp3) is 0.103. The van der Waals surface area contributed by atoms with Gasteiger partial charge in [-0.05, 0) is 67.4 Å². The van der Waals surface area contributed by atoms with Crippen LogP contribution in [0.4, 0.5) is 17.1 Å². The van der Waals surface area contributed by atoms with Crippen molar-refractivity contribution in [2.45, 2.75) is 20.3 Å². The van der Waals surface area contributed by atoms with Crippen molar-refractivity contribution in [1.29, 1.82) is 0 Å². The summed E-state index contributed by atoms with van der Waals surface area (Å²) in [5.74, 6) is -0.143. The number of hydrogen-bond acceptors (Lipinski definition) is 3. The van der Waals surface area contributed by atoms with Crippen LogP contribution in [0.1, 0.15) is 32.7 Å². The van der Waals surface area contributed by atoms with Gasteiger partial charge in [0.2, 0.25) is 0 Å². The largest absolute Gasteiger partial charge is 0.355 e. The van der Waals surface area contributed by atoms with Crippen LogP contribution in [0.15, 0.2) is 78.9 Å². The molecule has 34 heavy (non-hydrogen) atoms. The number of amides is 1. The summed E-state index contributed by atoms with van der Waals surface area (Å²) in [6.07, 6.45) is 5.01. The number of carbonyl (C=O) groups is 1. The number of nitrogens with zero attached hydrogens (tertiary/aromatic N) is 1. The summed E-state index contributed by atoms with van der Waals surface area (Å²) in [6, 6.07) is 23.2. The molecule has 1 heterocycles. The van der Waals surface area contributed by atoms with Crippen LogP contribution >= 0.6 is 11.6 Å². The molecule has 0 fully saturated rings. The highest BCUT2D eigenvalue weighted by atomic mass is 35.5. The normalized spacial score (nSPS) is 11.9. The quantitative estimate of drug-likeness (QED) is 0.319. The molecule has 1 aliphatic rings. The first-order valence-electron chi connectivity index (χ1n) is 11.2. The Balaban J connectivity index is 1.46. The van der Waals surface area contributed by atoms with Crippen molar-refractivity contribution in [2.75, 3.05) is 10.6 Å². The van der Waals surface area contributed by atoms with E-state index < -0.39 is 0 Å². The Morgan fingerprint density at radius 1 is 0.941 bits per heavy atom. The summed E-state index contributed by atoms with van der Waals surface area (Å²) in [6.45, 7) is 4.03. The average Bonchev–Trinajstić information content (AvgIpc) is 3.30. The highest BCUT2D eigenvalue weighted by Crippen LogP contribution is 2.34. The van der Waals surface area contributed by atoms with Gasteiger partial charge in [0.1, 0.15) is 0 Å². The summed E-state index contributed by atoms with van der Waals surface area (Å²) in [4.78, 5) is 17.8. The summed E-state index contributed by atoms with van der Waals surface area (Å²) in [5, 5.41) is 7.25. The Labute approximate surface area is 204 Å². The average molecular weight is 466 g/mol. The highest BCUT2D eigenvalue weighted by Gasteiger charge is 2.16. The molecule has 1 amide bonds. The van der Waals surface area contributed by atoms with E-state index >= 15 is 0 Å². The van der Waals surface area contributed by atoms with Gasteiger partial charge in [-0.3, -0.25) is 9.78 Å². The maximum Gasteiger partial charge on any atom is 0.255 e. The Morgan fingerprint density at radius 3 is 2.56 bits per heavy atom. The lowest BCUT2D eigenvalue weighted by Gasteiger charge is -2.16. The van der Waals surface area contributed by atoms with Crippen LogP contribution in [-0.4, -0.2) is 10.9 Å². The number of pyridine rings is 1. The summed E-state index contributed by atoms with van der Waals surface area (Å²) >= 11 is 6.07. The molecule has 0 bridgehead atoms. The number of aromatic nitrogens is 1. The van der Waals surface area contributed by atoms with Gasteiger partial charge in [-0.1, -0.05) is 54.1 Å². The lowest BCUT2D eigenvalue weighted by atomic mass is 10.1. The monoisotopic (exact) mass is 465 g/mol. The third-order valence-electron chi connectivity index (χ3n) is 5.92. The molecule has 2 N–H and O–H groups in total. The van der Waals surface area contributed by atoms with Gasteiger partial charge in [-0.2, -0.15) is 0 Å². The van der Waals surface area contributed by atoms with E-state index in [0.29, 0.717) is 10.6 Å². The Bertz CT molecular complexity index is 1420. The predicted octanol–water partition coefficient (Wildman–Crippen LogP) is 7.58. The van der Waals surface area contributed by atoms with E-state index in [-0.39, 0.29) is 5.91 Å². The highest BCUT2D eigenvalue weighted by molar-refractivity contribution is 6.30. The van der Waals surface area contributed by atoms with Crippen LogP contribution in [0.25, 0.3) is 17.3 Å². The van der Waals surface area contributed by atoms with Crippen molar-refractivity contribution in [3.8, 4) is 11.3 Å². The van der Waals surface area contributed by atoms with E-state index in [1.165, 1.54) is 0 Å². The van der Waals surface area contributed by atoms with Crippen LogP contribution in [0.3, 0.4) is 0 Å². The Kier molecular flexibility index (Phi) is 5.91. The second-order valence-corrected chi connectivity index (χ2v) is 8.94. The smallest absolute Gasteiger partial charge is 0.255 e. The van der Waals surface area contributed by atoms with Crippen molar-refractivity contribution in [3.05, 3.63) is 112 Å².